The summed E-state index contributed by atoms with van der Waals surface area (Å²) in [7, 11) is 1.69. The van der Waals surface area contributed by atoms with Crippen molar-refractivity contribution in [3.8, 4) is 17.0 Å². The topological polar surface area (TPSA) is 34.1 Å². The number of nitrogens with zero attached hydrogens (tertiary/aromatic N) is 1. The third-order valence-corrected chi connectivity index (χ3v) is 4.28. The maximum absolute atomic E-state index is 5.28. The quantitative estimate of drug-likeness (QED) is 0.691. The molecule has 0 spiro atoms. The Kier molecular flexibility index (Phi) is 5.34. The summed E-state index contributed by atoms with van der Waals surface area (Å²) >= 11 is 0. The molecule has 0 amide bonds. The van der Waals surface area contributed by atoms with Gasteiger partial charge < -0.3 is 10.1 Å². The second-order valence-corrected chi connectivity index (χ2v) is 6.95. The van der Waals surface area contributed by atoms with Crippen molar-refractivity contribution in [1.29, 1.82) is 0 Å². The summed E-state index contributed by atoms with van der Waals surface area (Å²) in [4.78, 5) is 4.98. The van der Waals surface area contributed by atoms with Crippen molar-refractivity contribution < 1.29 is 4.74 Å². The monoisotopic (exact) mass is 334 g/mol. The van der Waals surface area contributed by atoms with Gasteiger partial charge in [0.25, 0.3) is 0 Å². The molecule has 0 aliphatic rings. The number of fused-ring (bicyclic) bond motifs is 1. The van der Waals surface area contributed by atoms with Gasteiger partial charge in [0.05, 0.1) is 18.3 Å². The highest BCUT2D eigenvalue weighted by Crippen LogP contribution is 2.28. The number of hydrogen-bond acceptors (Lipinski definition) is 3. The minimum Gasteiger partial charge on any atom is -0.497 e. The molecule has 0 bridgehead atoms. The van der Waals surface area contributed by atoms with Crippen molar-refractivity contribution in [1.82, 2.24) is 10.3 Å². The zero-order chi connectivity index (χ0) is 17.8. The molecule has 3 heteroatoms. The first kappa shape index (κ1) is 17.4. The van der Waals surface area contributed by atoms with Crippen LogP contribution in [-0.2, 0) is 6.54 Å². The fourth-order valence-electron chi connectivity index (χ4n) is 2.95. The van der Waals surface area contributed by atoms with E-state index in [0.717, 1.165) is 35.6 Å². The number of benzene rings is 2. The summed E-state index contributed by atoms with van der Waals surface area (Å²) in [6.45, 7) is 8.36. The fourth-order valence-corrected chi connectivity index (χ4v) is 2.95. The van der Waals surface area contributed by atoms with E-state index in [0.29, 0.717) is 5.92 Å². The summed E-state index contributed by atoms with van der Waals surface area (Å²) in [5.41, 5.74) is 5.65. The van der Waals surface area contributed by atoms with Gasteiger partial charge in [0.2, 0.25) is 0 Å². The standard InChI is InChI=1S/C22H26N2O/c1-15(2)13-23-14-19-12-18-6-5-16(3)11-21(18)24-22(19)17-7-9-20(25-4)10-8-17/h5-12,15,23H,13-14H2,1-4H3. The molecule has 0 aliphatic heterocycles. The molecule has 1 heterocycles. The van der Waals surface area contributed by atoms with Gasteiger partial charge in [-0.1, -0.05) is 26.0 Å². The van der Waals surface area contributed by atoms with Crippen LogP contribution in [0.1, 0.15) is 25.0 Å². The van der Waals surface area contributed by atoms with E-state index in [9.17, 15) is 0 Å². The third-order valence-electron chi connectivity index (χ3n) is 4.28. The first-order chi connectivity index (χ1) is 12.1. The van der Waals surface area contributed by atoms with Gasteiger partial charge in [-0.15, -0.1) is 0 Å². The lowest BCUT2D eigenvalue weighted by molar-refractivity contribution is 0.415. The number of methoxy groups -OCH3 is 1. The molecule has 3 nitrogen and oxygen atoms in total. The van der Waals surface area contributed by atoms with Crippen molar-refractivity contribution in [2.45, 2.75) is 27.3 Å². The SMILES string of the molecule is COc1ccc(-c2nc3cc(C)ccc3cc2CNCC(C)C)cc1. The van der Waals surface area contributed by atoms with E-state index in [4.69, 9.17) is 9.72 Å². The van der Waals surface area contributed by atoms with Gasteiger partial charge >= 0.3 is 0 Å². The highest BCUT2D eigenvalue weighted by Gasteiger charge is 2.10. The van der Waals surface area contributed by atoms with Gasteiger partial charge in [0.15, 0.2) is 0 Å². The first-order valence-electron chi connectivity index (χ1n) is 8.82. The average molecular weight is 334 g/mol. The second kappa shape index (κ2) is 7.66. The number of rotatable bonds is 6. The van der Waals surface area contributed by atoms with Crippen LogP contribution in [0.25, 0.3) is 22.2 Å². The third kappa shape index (κ3) is 4.18. The predicted octanol–water partition coefficient (Wildman–Crippen LogP) is 4.96. The molecule has 3 aromatic rings. The summed E-state index contributed by atoms with van der Waals surface area (Å²) < 4.78 is 5.28. The second-order valence-electron chi connectivity index (χ2n) is 6.95. The Labute approximate surface area is 150 Å². The van der Waals surface area contributed by atoms with Gasteiger partial charge in [0, 0.05) is 17.5 Å². The van der Waals surface area contributed by atoms with Crippen LogP contribution >= 0.6 is 0 Å². The molecule has 0 saturated heterocycles. The Morgan fingerprint density at radius 1 is 1.04 bits per heavy atom. The number of hydrogen-bond donors (Lipinski definition) is 1. The van der Waals surface area contributed by atoms with E-state index in [2.05, 4.69) is 62.5 Å². The summed E-state index contributed by atoms with van der Waals surface area (Å²) in [6.07, 6.45) is 0. The maximum atomic E-state index is 5.28. The molecule has 0 radical (unpaired) electrons. The van der Waals surface area contributed by atoms with Crippen LogP contribution in [0.5, 0.6) is 5.75 Å². The smallest absolute Gasteiger partial charge is 0.118 e. The Morgan fingerprint density at radius 3 is 2.48 bits per heavy atom. The van der Waals surface area contributed by atoms with Gasteiger partial charge in [-0.05, 0) is 66.9 Å². The molecule has 25 heavy (non-hydrogen) atoms. The van der Waals surface area contributed by atoms with Crippen molar-refractivity contribution in [3.05, 3.63) is 59.7 Å². The Balaban J connectivity index is 2.04. The van der Waals surface area contributed by atoms with Crippen LogP contribution < -0.4 is 10.1 Å². The maximum Gasteiger partial charge on any atom is 0.118 e. The summed E-state index contributed by atoms with van der Waals surface area (Å²) in [5, 5.41) is 4.73. The van der Waals surface area contributed by atoms with Crippen molar-refractivity contribution >= 4 is 10.9 Å². The first-order valence-corrected chi connectivity index (χ1v) is 8.82. The number of ether oxygens (including phenoxy) is 1. The van der Waals surface area contributed by atoms with Gasteiger partial charge in [-0.3, -0.25) is 0 Å². The van der Waals surface area contributed by atoms with E-state index in [1.54, 1.807) is 7.11 Å². The largest absolute Gasteiger partial charge is 0.497 e. The van der Waals surface area contributed by atoms with E-state index >= 15 is 0 Å². The van der Waals surface area contributed by atoms with Crippen molar-refractivity contribution in [2.24, 2.45) is 5.92 Å². The molecule has 1 N–H and O–H groups in total. The lowest BCUT2D eigenvalue weighted by Gasteiger charge is -2.14. The highest BCUT2D eigenvalue weighted by atomic mass is 16.5. The van der Waals surface area contributed by atoms with E-state index in [1.807, 2.05) is 12.1 Å². The van der Waals surface area contributed by atoms with Crippen LogP contribution in [0.15, 0.2) is 48.5 Å². The van der Waals surface area contributed by atoms with Crippen molar-refractivity contribution in [2.75, 3.05) is 13.7 Å². The minimum absolute atomic E-state index is 0.625. The molecule has 0 fully saturated rings. The fraction of sp³-hybridized carbons (Fsp3) is 0.318. The normalized spacial score (nSPS) is 11.2. The molecule has 1 aromatic heterocycles. The molecular weight excluding hydrogens is 308 g/mol. The number of nitrogens with one attached hydrogen (secondary N) is 1. The lowest BCUT2D eigenvalue weighted by atomic mass is 10.0. The van der Waals surface area contributed by atoms with Crippen LogP contribution in [-0.4, -0.2) is 18.6 Å². The number of aryl methyl sites for hydroxylation is 1. The average Bonchev–Trinajstić information content (AvgIpc) is 2.61. The van der Waals surface area contributed by atoms with Crippen molar-refractivity contribution in [3.63, 3.8) is 0 Å². The molecule has 0 atom stereocenters. The Morgan fingerprint density at radius 2 is 1.80 bits per heavy atom. The molecule has 130 valence electrons. The minimum atomic E-state index is 0.625. The van der Waals surface area contributed by atoms with E-state index < -0.39 is 0 Å². The summed E-state index contributed by atoms with van der Waals surface area (Å²) in [5.74, 6) is 1.49. The molecule has 0 saturated carbocycles. The van der Waals surface area contributed by atoms with Gasteiger partial charge in [0.1, 0.15) is 5.75 Å². The van der Waals surface area contributed by atoms with Crippen LogP contribution in [0.3, 0.4) is 0 Å². The zero-order valence-corrected chi connectivity index (χ0v) is 15.5. The highest BCUT2D eigenvalue weighted by molar-refractivity contribution is 5.84. The predicted molar refractivity (Wildman–Crippen MR) is 105 cm³/mol. The van der Waals surface area contributed by atoms with Gasteiger partial charge in [-0.2, -0.15) is 0 Å². The van der Waals surface area contributed by atoms with Crippen LogP contribution in [0, 0.1) is 12.8 Å². The Hall–Kier alpha value is -2.39. The van der Waals surface area contributed by atoms with Crippen LogP contribution in [0.2, 0.25) is 0 Å². The molecular formula is C22H26N2O. The lowest BCUT2D eigenvalue weighted by Crippen LogP contribution is -2.19. The van der Waals surface area contributed by atoms with Crippen LogP contribution in [0.4, 0.5) is 0 Å². The number of aromatic nitrogens is 1. The molecule has 2 aromatic carbocycles. The zero-order valence-electron chi connectivity index (χ0n) is 15.5. The Bertz CT molecular complexity index is 854. The van der Waals surface area contributed by atoms with Gasteiger partial charge in [-0.25, -0.2) is 4.98 Å². The molecule has 3 rings (SSSR count). The van der Waals surface area contributed by atoms with E-state index in [1.165, 1.54) is 16.5 Å². The number of pyridine rings is 1. The summed E-state index contributed by atoms with van der Waals surface area (Å²) in [6, 6.07) is 16.8. The molecule has 0 aliphatic carbocycles. The molecule has 0 unspecified atom stereocenters. The van der Waals surface area contributed by atoms with E-state index in [-0.39, 0.29) is 0 Å².